The molecule has 2 N–H and O–H groups in total. The maximum absolute atomic E-state index is 12.0. The summed E-state index contributed by atoms with van der Waals surface area (Å²) in [6.07, 6.45) is 0. The van der Waals surface area contributed by atoms with Crippen LogP contribution in [0.2, 0.25) is 0 Å². The molecule has 0 radical (unpaired) electrons. The summed E-state index contributed by atoms with van der Waals surface area (Å²) in [5, 5.41) is 6.10. The Bertz CT molecular complexity index is 442. The lowest BCUT2D eigenvalue weighted by atomic mass is 9.96. The fraction of sp³-hybridized carbons (Fsp3) is 0.500. The van der Waals surface area contributed by atoms with Crippen LogP contribution in [0.4, 0.5) is 5.69 Å². The Morgan fingerprint density at radius 1 is 1.39 bits per heavy atom. The van der Waals surface area contributed by atoms with Gasteiger partial charge in [0, 0.05) is 25.3 Å². The number of para-hydroxylation sites is 1. The molecule has 4 heteroatoms. The van der Waals surface area contributed by atoms with Gasteiger partial charge in [0.2, 0.25) is 5.91 Å². The second-order valence-corrected chi connectivity index (χ2v) is 5.13. The van der Waals surface area contributed by atoms with E-state index in [-0.39, 0.29) is 5.91 Å². The molecule has 18 heavy (non-hydrogen) atoms. The van der Waals surface area contributed by atoms with Crippen molar-refractivity contribution >= 4 is 11.6 Å². The molecule has 0 spiro atoms. The Balaban J connectivity index is 2.38. The van der Waals surface area contributed by atoms with Gasteiger partial charge in [-0.3, -0.25) is 4.79 Å². The molecule has 0 bridgehead atoms. The summed E-state index contributed by atoms with van der Waals surface area (Å²) in [6.45, 7) is 6.30. The van der Waals surface area contributed by atoms with Gasteiger partial charge in [0.1, 0.15) is 5.54 Å². The molecule has 1 aromatic rings. The lowest BCUT2D eigenvalue weighted by molar-refractivity contribution is -0.126. The van der Waals surface area contributed by atoms with Crippen molar-refractivity contribution in [2.75, 3.05) is 25.0 Å². The summed E-state index contributed by atoms with van der Waals surface area (Å²) < 4.78 is 0. The van der Waals surface area contributed by atoms with Crippen molar-refractivity contribution in [1.29, 1.82) is 0 Å². The first-order valence-electron chi connectivity index (χ1n) is 6.36. The van der Waals surface area contributed by atoms with Crippen LogP contribution < -0.4 is 15.5 Å². The van der Waals surface area contributed by atoms with Gasteiger partial charge in [-0.15, -0.1) is 0 Å². The third kappa shape index (κ3) is 2.20. The van der Waals surface area contributed by atoms with Crippen molar-refractivity contribution in [3.05, 3.63) is 29.8 Å². The summed E-state index contributed by atoms with van der Waals surface area (Å²) in [6, 6.07) is 8.26. The molecule has 1 aliphatic heterocycles. The largest absolute Gasteiger partial charge is 0.355 e. The number of hydrogen-bond acceptors (Lipinski definition) is 3. The van der Waals surface area contributed by atoms with Gasteiger partial charge in [0.25, 0.3) is 0 Å². The molecule has 2 rings (SSSR count). The second kappa shape index (κ2) is 4.98. The van der Waals surface area contributed by atoms with Crippen molar-refractivity contribution in [3.8, 4) is 0 Å². The van der Waals surface area contributed by atoms with Gasteiger partial charge < -0.3 is 15.5 Å². The molecule has 0 saturated carbocycles. The Kier molecular flexibility index (Phi) is 3.57. The summed E-state index contributed by atoms with van der Waals surface area (Å²) in [7, 11) is 1.94. The van der Waals surface area contributed by atoms with Crippen LogP contribution in [-0.4, -0.2) is 31.6 Å². The van der Waals surface area contributed by atoms with Crippen molar-refractivity contribution < 1.29 is 4.79 Å². The number of amides is 1. The van der Waals surface area contributed by atoms with E-state index in [1.54, 1.807) is 0 Å². The van der Waals surface area contributed by atoms with Crippen molar-refractivity contribution in [1.82, 2.24) is 10.6 Å². The number of carbonyl (C=O) groups excluding carboxylic acids is 1. The van der Waals surface area contributed by atoms with Gasteiger partial charge in [-0.25, -0.2) is 0 Å². The zero-order chi connectivity index (χ0) is 13.2. The highest BCUT2D eigenvalue weighted by Crippen LogP contribution is 2.29. The average molecular weight is 247 g/mol. The second-order valence-electron chi connectivity index (χ2n) is 5.13. The van der Waals surface area contributed by atoms with Crippen LogP contribution in [-0.2, 0) is 11.3 Å². The number of nitrogens with one attached hydrogen (secondary N) is 2. The van der Waals surface area contributed by atoms with Crippen LogP contribution in [0.25, 0.3) is 0 Å². The fourth-order valence-corrected chi connectivity index (χ4v) is 2.44. The van der Waals surface area contributed by atoms with Crippen LogP contribution >= 0.6 is 0 Å². The van der Waals surface area contributed by atoms with Crippen molar-refractivity contribution in [3.63, 3.8) is 0 Å². The number of benzene rings is 1. The van der Waals surface area contributed by atoms with Crippen LogP contribution in [0.5, 0.6) is 0 Å². The molecule has 4 nitrogen and oxygen atoms in total. The van der Waals surface area contributed by atoms with E-state index in [1.165, 1.54) is 5.56 Å². The molecule has 1 heterocycles. The molecule has 0 aromatic heterocycles. The fourth-order valence-electron chi connectivity index (χ4n) is 2.44. The molecule has 0 unspecified atom stereocenters. The lowest BCUT2D eigenvalue weighted by Gasteiger charge is -2.43. The minimum atomic E-state index is -0.498. The first kappa shape index (κ1) is 12.9. The standard InChI is InChI=1S/C14H21N3O/c1-14(2)13(18)16-8-9-17(14)12-7-5-4-6-11(12)10-15-3/h4-7,15H,8-10H2,1-3H3,(H,16,18). The van der Waals surface area contributed by atoms with E-state index in [0.717, 1.165) is 18.8 Å². The van der Waals surface area contributed by atoms with Crippen LogP contribution in [0, 0.1) is 0 Å². The van der Waals surface area contributed by atoms with Gasteiger partial charge in [-0.2, -0.15) is 0 Å². The lowest BCUT2D eigenvalue weighted by Crippen LogP contribution is -2.62. The zero-order valence-corrected chi connectivity index (χ0v) is 11.3. The van der Waals surface area contributed by atoms with E-state index < -0.39 is 5.54 Å². The number of piperazine rings is 1. The smallest absolute Gasteiger partial charge is 0.245 e. The van der Waals surface area contributed by atoms with Gasteiger partial charge in [-0.05, 0) is 32.5 Å². The van der Waals surface area contributed by atoms with E-state index in [2.05, 4.69) is 27.7 Å². The van der Waals surface area contributed by atoms with Gasteiger partial charge in [0.15, 0.2) is 0 Å². The summed E-state index contributed by atoms with van der Waals surface area (Å²) in [5.74, 6) is 0.0908. The SMILES string of the molecule is CNCc1ccccc1N1CCNC(=O)C1(C)C. The summed E-state index contributed by atoms with van der Waals surface area (Å²) in [5.41, 5.74) is 1.87. The predicted molar refractivity (Wildman–Crippen MR) is 73.6 cm³/mol. The Morgan fingerprint density at radius 2 is 2.11 bits per heavy atom. The number of hydrogen-bond donors (Lipinski definition) is 2. The maximum atomic E-state index is 12.0. The van der Waals surface area contributed by atoms with Crippen molar-refractivity contribution in [2.45, 2.75) is 25.9 Å². The highest BCUT2D eigenvalue weighted by Gasteiger charge is 2.38. The number of nitrogens with zero attached hydrogens (tertiary/aromatic N) is 1. The van der Waals surface area contributed by atoms with Crippen molar-refractivity contribution in [2.24, 2.45) is 0 Å². The topological polar surface area (TPSA) is 44.4 Å². The van der Waals surface area contributed by atoms with Gasteiger partial charge >= 0.3 is 0 Å². The molecule has 1 aliphatic rings. The molecule has 1 aromatic carbocycles. The first-order valence-corrected chi connectivity index (χ1v) is 6.36. The van der Waals surface area contributed by atoms with E-state index in [1.807, 2.05) is 33.0 Å². The Hall–Kier alpha value is -1.55. The van der Waals surface area contributed by atoms with E-state index >= 15 is 0 Å². The third-order valence-electron chi connectivity index (χ3n) is 3.50. The van der Waals surface area contributed by atoms with Gasteiger partial charge in [0.05, 0.1) is 0 Å². The molecule has 1 amide bonds. The number of rotatable bonds is 3. The maximum Gasteiger partial charge on any atom is 0.245 e. The van der Waals surface area contributed by atoms with E-state index in [4.69, 9.17) is 0 Å². The van der Waals surface area contributed by atoms with Crippen LogP contribution in [0.3, 0.4) is 0 Å². The van der Waals surface area contributed by atoms with Crippen LogP contribution in [0.1, 0.15) is 19.4 Å². The monoisotopic (exact) mass is 247 g/mol. The minimum Gasteiger partial charge on any atom is -0.355 e. The molecular formula is C14H21N3O. The van der Waals surface area contributed by atoms with E-state index in [9.17, 15) is 4.79 Å². The molecule has 0 atom stereocenters. The molecule has 98 valence electrons. The average Bonchev–Trinajstić information content (AvgIpc) is 2.34. The minimum absolute atomic E-state index is 0.0908. The molecule has 1 saturated heterocycles. The van der Waals surface area contributed by atoms with E-state index in [0.29, 0.717) is 6.54 Å². The quantitative estimate of drug-likeness (QED) is 0.841. The third-order valence-corrected chi connectivity index (χ3v) is 3.50. The highest BCUT2D eigenvalue weighted by molar-refractivity contribution is 5.90. The summed E-state index contributed by atoms with van der Waals surface area (Å²) in [4.78, 5) is 14.2. The normalized spacial score (nSPS) is 18.6. The summed E-state index contributed by atoms with van der Waals surface area (Å²) >= 11 is 0. The Morgan fingerprint density at radius 3 is 2.83 bits per heavy atom. The Labute approximate surface area is 108 Å². The number of carbonyl (C=O) groups is 1. The van der Waals surface area contributed by atoms with Gasteiger partial charge in [-0.1, -0.05) is 18.2 Å². The number of anilines is 1. The zero-order valence-electron chi connectivity index (χ0n) is 11.3. The highest BCUT2D eigenvalue weighted by atomic mass is 16.2. The molecular weight excluding hydrogens is 226 g/mol. The first-order chi connectivity index (χ1) is 8.57. The molecule has 0 aliphatic carbocycles. The molecule has 1 fully saturated rings. The van der Waals surface area contributed by atoms with Crippen LogP contribution in [0.15, 0.2) is 24.3 Å². The predicted octanol–water partition coefficient (Wildman–Crippen LogP) is 1.12.